The van der Waals surface area contributed by atoms with Crippen LogP contribution in [-0.2, 0) is 9.53 Å². The summed E-state index contributed by atoms with van der Waals surface area (Å²) < 4.78 is 24.3. The molecule has 0 radical (unpaired) electrons. The van der Waals surface area contributed by atoms with Gasteiger partial charge < -0.3 is 30.3 Å². The summed E-state index contributed by atoms with van der Waals surface area (Å²) >= 11 is 6.34. The average molecular weight is 584 g/mol. The van der Waals surface area contributed by atoms with Gasteiger partial charge in [0.05, 0.1) is 10.7 Å². The van der Waals surface area contributed by atoms with Crippen molar-refractivity contribution in [1.82, 2.24) is 9.88 Å². The zero-order chi connectivity index (χ0) is 29.6. The van der Waals surface area contributed by atoms with E-state index >= 15 is 0 Å². The first-order chi connectivity index (χ1) is 19.4. The van der Waals surface area contributed by atoms with Gasteiger partial charge in [0.15, 0.2) is 0 Å². The van der Waals surface area contributed by atoms with Crippen LogP contribution in [0, 0.1) is 11.7 Å². The van der Waals surface area contributed by atoms with Crippen molar-refractivity contribution in [2.45, 2.75) is 39.2 Å². The van der Waals surface area contributed by atoms with Crippen LogP contribution in [0.4, 0.5) is 31.2 Å². The highest BCUT2D eigenvalue weighted by Gasteiger charge is 2.30. The van der Waals surface area contributed by atoms with Crippen molar-refractivity contribution < 1.29 is 28.2 Å². The van der Waals surface area contributed by atoms with Gasteiger partial charge >= 0.3 is 12.1 Å². The van der Waals surface area contributed by atoms with E-state index in [1.165, 1.54) is 36.5 Å². The molecule has 4 amide bonds. The summed E-state index contributed by atoms with van der Waals surface area (Å²) in [6, 6.07) is 12.8. The minimum Gasteiger partial charge on any atom is -0.457 e. The number of aromatic nitrogens is 1. The van der Waals surface area contributed by atoms with E-state index in [9.17, 15) is 18.8 Å². The number of halogens is 2. The molecule has 216 valence electrons. The van der Waals surface area contributed by atoms with Crippen LogP contribution in [0.5, 0.6) is 11.5 Å². The Kier molecular flexibility index (Phi) is 9.28. The lowest BCUT2D eigenvalue weighted by Crippen LogP contribution is -2.43. The first-order valence-corrected chi connectivity index (χ1v) is 13.4. The van der Waals surface area contributed by atoms with Gasteiger partial charge in [0, 0.05) is 43.0 Å². The highest BCUT2D eigenvalue weighted by Crippen LogP contribution is 2.31. The highest BCUT2D eigenvalue weighted by molar-refractivity contribution is 6.34. The fraction of sp³-hybridized carbons (Fsp3) is 0.310. The summed E-state index contributed by atoms with van der Waals surface area (Å²) in [4.78, 5) is 43.2. The number of amides is 4. The van der Waals surface area contributed by atoms with Crippen LogP contribution >= 0.6 is 11.6 Å². The molecule has 10 nitrogen and oxygen atoms in total. The standard InChI is InChI=1S/C29H31ClFN5O5/c1-29(2,3)41-28(39)36-14-11-18(12-15-36)26(37)35-25-17-22(10-13-32-25)40-21-8-9-24(23(30)16-21)34-27(38)33-20-6-4-19(31)5-7-20/h4-10,13,16-18H,11-12,14-15H2,1-3H3,(H,32,35,37)(H2,33,34,38). The largest absolute Gasteiger partial charge is 0.457 e. The first-order valence-electron chi connectivity index (χ1n) is 13.0. The Morgan fingerprint density at radius 1 is 0.951 bits per heavy atom. The van der Waals surface area contributed by atoms with Gasteiger partial charge in [-0.25, -0.2) is 19.0 Å². The van der Waals surface area contributed by atoms with Gasteiger partial charge in [-0.2, -0.15) is 0 Å². The SMILES string of the molecule is CC(C)(C)OC(=O)N1CCC(C(=O)Nc2cc(Oc3ccc(NC(=O)Nc4ccc(F)cc4)c(Cl)c3)ccn2)CC1. The second-order valence-corrected chi connectivity index (χ2v) is 10.8. The van der Waals surface area contributed by atoms with Crippen LogP contribution in [0.15, 0.2) is 60.8 Å². The number of rotatable bonds is 6. The molecular weight excluding hydrogens is 553 g/mol. The van der Waals surface area contributed by atoms with Crippen LogP contribution in [0.25, 0.3) is 0 Å². The molecule has 41 heavy (non-hydrogen) atoms. The quantitative estimate of drug-likeness (QED) is 0.290. The summed E-state index contributed by atoms with van der Waals surface area (Å²) in [5, 5.41) is 8.27. The van der Waals surface area contributed by atoms with E-state index in [4.69, 9.17) is 21.1 Å². The fourth-order valence-electron chi connectivity index (χ4n) is 4.04. The second kappa shape index (κ2) is 12.9. The van der Waals surface area contributed by atoms with Gasteiger partial charge in [-0.1, -0.05) is 11.6 Å². The Morgan fingerprint density at radius 2 is 1.63 bits per heavy atom. The molecule has 4 rings (SSSR count). The van der Waals surface area contributed by atoms with E-state index in [1.54, 1.807) is 29.2 Å². The number of anilines is 3. The zero-order valence-electron chi connectivity index (χ0n) is 22.9. The molecule has 2 heterocycles. The van der Waals surface area contributed by atoms with Gasteiger partial charge in [-0.15, -0.1) is 0 Å². The minimum absolute atomic E-state index is 0.184. The molecular formula is C29H31ClFN5O5. The number of urea groups is 1. The van der Waals surface area contributed by atoms with Crippen molar-refractivity contribution in [2.24, 2.45) is 5.92 Å². The normalized spacial score (nSPS) is 13.7. The first kappa shape index (κ1) is 29.6. The number of nitrogens with zero attached hydrogens (tertiary/aromatic N) is 2. The summed E-state index contributed by atoms with van der Waals surface area (Å²) in [5.41, 5.74) is 0.197. The predicted octanol–water partition coefficient (Wildman–Crippen LogP) is 6.90. The molecule has 3 aromatic rings. The van der Waals surface area contributed by atoms with Gasteiger partial charge in [-0.3, -0.25) is 4.79 Å². The number of carbonyl (C=O) groups is 3. The molecule has 1 saturated heterocycles. The Bertz CT molecular complexity index is 1410. The molecule has 0 aliphatic carbocycles. The predicted molar refractivity (Wildman–Crippen MR) is 154 cm³/mol. The van der Waals surface area contributed by atoms with Crippen molar-refractivity contribution in [3.8, 4) is 11.5 Å². The summed E-state index contributed by atoms with van der Waals surface area (Å²) in [6.07, 6.45) is 2.16. The molecule has 0 unspecified atom stereocenters. The molecule has 0 saturated carbocycles. The number of hydrogen-bond donors (Lipinski definition) is 3. The Labute approximate surface area is 242 Å². The molecule has 3 N–H and O–H groups in total. The zero-order valence-corrected chi connectivity index (χ0v) is 23.6. The van der Waals surface area contributed by atoms with Crippen molar-refractivity contribution in [3.05, 3.63) is 71.6 Å². The van der Waals surface area contributed by atoms with Gasteiger partial charge in [0.1, 0.15) is 28.7 Å². The van der Waals surface area contributed by atoms with Crippen molar-refractivity contribution in [3.63, 3.8) is 0 Å². The van der Waals surface area contributed by atoms with E-state index < -0.39 is 17.4 Å². The molecule has 12 heteroatoms. The molecule has 0 bridgehead atoms. The van der Waals surface area contributed by atoms with E-state index in [0.29, 0.717) is 54.6 Å². The number of carbonyl (C=O) groups excluding carboxylic acids is 3. The lowest BCUT2D eigenvalue weighted by Gasteiger charge is -2.32. The molecule has 0 atom stereocenters. The van der Waals surface area contributed by atoms with Crippen molar-refractivity contribution >= 4 is 46.8 Å². The molecule has 1 aromatic heterocycles. The van der Waals surface area contributed by atoms with Crippen molar-refractivity contribution in [1.29, 1.82) is 0 Å². The molecule has 1 fully saturated rings. The van der Waals surface area contributed by atoms with E-state index in [0.717, 1.165) is 0 Å². The minimum atomic E-state index is -0.572. The smallest absolute Gasteiger partial charge is 0.410 e. The fourth-order valence-corrected chi connectivity index (χ4v) is 4.25. The van der Waals surface area contributed by atoms with Crippen LogP contribution in [0.3, 0.4) is 0 Å². The Balaban J connectivity index is 1.29. The van der Waals surface area contributed by atoms with Gasteiger partial charge in [-0.05, 0) is 76.1 Å². The third-order valence-electron chi connectivity index (χ3n) is 6.03. The monoisotopic (exact) mass is 583 g/mol. The van der Waals surface area contributed by atoms with Gasteiger partial charge in [0.2, 0.25) is 5.91 Å². The van der Waals surface area contributed by atoms with E-state index in [2.05, 4.69) is 20.9 Å². The summed E-state index contributed by atoms with van der Waals surface area (Å²) in [7, 11) is 0. The highest BCUT2D eigenvalue weighted by atomic mass is 35.5. The number of benzene rings is 2. The third kappa shape index (κ3) is 8.81. The topological polar surface area (TPSA) is 122 Å². The molecule has 1 aliphatic heterocycles. The van der Waals surface area contributed by atoms with E-state index in [-0.39, 0.29) is 22.9 Å². The maximum absolute atomic E-state index is 13.1. The maximum Gasteiger partial charge on any atom is 0.410 e. The van der Waals surface area contributed by atoms with Crippen LogP contribution in [0.1, 0.15) is 33.6 Å². The maximum atomic E-state index is 13.1. The van der Waals surface area contributed by atoms with Crippen LogP contribution in [0.2, 0.25) is 5.02 Å². The molecule has 0 spiro atoms. The second-order valence-electron chi connectivity index (χ2n) is 10.4. The third-order valence-corrected chi connectivity index (χ3v) is 6.34. The van der Waals surface area contributed by atoms with Gasteiger partial charge in [0.25, 0.3) is 0 Å². The number of ether oxygens (including phenoxy) is 2. The van der Waals surface area contributed by atoms with Crippen LogP contribution in [-0.4, -0.2) is 46.6 Å². The number of pyridine rings is 1. The van der Waals surface area contributed by atoms with Crippen molar-refractivity contribution in [2.75, 3.05) is 29.0 Å². The Morgan fingerprint density at radius 3 is 2.29 bits per heavy atom. The lowest BCUT2D eigenvalue weighted by molar-refractivity contribution is -0.121. The summed E-state index contributed by atoms with van der Waals surface area (Å²) in [6.45, 7) is 6.32. The number of nitrogens with one attached hydrogen (secondary N) is 3. The Hall–Kier alpha value is -4.38. The average Bonchev–Trinajstić information content (AvgIpc) is 2.91. The molecule has 2 aromatic carbocycles. The van der Waals surface area contributed by atoms with E-state index in [1.807, 2.05) is 20.8 Å². The summed E-state index contributed by atoms with van der Waals surface area (Å²) in [5.74, 6) is 0.285. The lowest BCUT2D eigenvalue weighted by atomic mass is 9.96. The van der Waals surface area contributed by atoms with Crippen LogP contribution < -0.4 is 20.7 Å². The number of piperidine rings is 1. The number of likely N-dealkylation sites (tertiary alicyclic amines) is 1. The molecule has 1 aliphatic rings. The number of hydrogen-bond acceptors (Lipinski definition) is 6.